The van der Waals surface area contributed by atoms with Gasteiger partial charge in [0.2, 0.25) is 0 Å². The van der Waals surface area contributed by atoms with Crippen molar-refractivity contribution in [3.05, 3.63) is 60.8 Å². The lowest BCUT2D eigenvalue weighted by molar-refractivity contribution is -0.154. The van der Waals surface area contributed by atoms with E-state index in [2.05, 4.69) is 74.6 Å². The third-order valence-corrected chi connectivity index (χ3v) is 10.2. The largest absolute Gasteiger partial charge is 0.472 e. The summed E-state index contributed by atoms with van der Waals surface area (Å²) in [6.45, 7) is 4.77. The molecule has 0 saturated carbocycles. The van der Waals surface area contributed by atoms with E-state index in [4.69, 9.17) is 24.3 Å². The predicted molar refractivity (Wildman–Crippen MR) is 233 cm³/mol. The van der Waals surface area contributed by atoms with Gasteiger partial charge in [-0.25, -0.2) is 4.57 Å². The number of carbonyl (C=O) groups excluding carboxylic acids is 1. The standard InChI is InChI=1S/C46H84NO7P/c1-3-5-7-9-11-13-15-17-19-21-23-25-27-29-31-33-35-37-39-46(48)54-45(44-53-55(49,50)52-42-40-47)43-51-41-38-36-34-32-30-28-26-24-22-20-18-16-14-12-10-8-6-4-2/h6,8,12-15,18-21,45H,3-5,7,9-11,16-17,22-44,47H2,1-2H3,(H,49,50)/b8-6-,14-12-,15-13-,20-18-,21-19-. The van der Waals surface area contributed by atoms with E-state index in [0.717, 1.165) is 70.6 Å². The minimum atomic E-state index is -4.28. The molecule has 0 rings (SSSR count). The zero-order valence-corrected chi connectivity index (χ0v) is 36.3. The second-order valence-electron chi connectivity index (χ2n) is 14.5. The number of esters is 1. The summed E-state index contributed by atoms with van der Waals surface area (Å²) in [5, 5.41) is 0. The van der Waals surface area contributed by atoms with Crippen LogP contribution < -0.4 is 5.73 Å². The highest BCUT2D eigenvalue weighted by molar-refractivity contribution is 7.47. The van der Waals surface area contributed by atoms with E-state index in [9.17, 15) is 14.3 Å². The minimum absolute atomic E-state index is 0.0952. The Morgan fingerprint density at radius 1 is 0.564 bits per heavy atom. The summed E-state index contributed by atoms with van der Waals surface area (Å²) in [6.07, 6.45) is 52.3. The van der Waals surface area contributed by atoms with Crippen LogP contribution in [0.4, 0.5) is 0 Å². The summed E-state index contributed by atoms with van der Waals surface area (Å²) < 4.78 is 33.5. The second kappa shape index (κ2) is 43.3. The average molecular weight is 794 g/mol. The van der Waals surface area contributed by atoms with Crippen LogP contribution in [-0.2, 0) is 27.9 Å². The lowest BCUT2D eigenvalue weighted by Crippen LogP contribution is -2.28. The fourth-order valence-electron chi connectivity index (χ4n) is 5.92. The summed E-state index contributed by atoms with van der Waals surface area (Å²) in [5.41, 5.74) is 5.37. The normalized spacial score (nSPS) is 14.0. The van der Waals surface area contributed by atoms with Gasteiger partial charge >= 0.3 is 13.8 Å². The Kier molecular flexibility index (Phi) is 41.9. The topological polar surface area (TPSA) is 117 Å². The van der Waals surface area contributed by atoms with Crippen molar-refractivity contribution in [3.8, 4) is 0 Å². The smallest absolute Gasteiger partial charge is 0.457 e. The van der Waals surface area contributed by atoms with E-state index in [1.807, 2.05) is 0 Å². The molecule has 0 bridgehead atoms. The van der Waals surface area contributed by atoms with E-state index >= 15 is 0 Å². The molecule has 2 atom stereocenters. The molecular formula is C46H84NO7P. The lowest BCUT2D eigenvalue weighted by Gasteiger charge is -2.20. The van der Waals surface area contributed by atoms with Crippen molar-refractivity contribution in [1.29, 1.82) is 0 Å². The molecule has 0 aliphatic heterocycles. The van der Waals surface area contributed by atoms with Crippen molar-refractivity contribution in [2.75, 3.05) is 33.0 Å². The van der Waals surface area contributed by atoms with Crippen LogP contribution in [0, 0.1) is 0 Å². The van der Waals surface area contributed by atoms with Gasteiger partial charge < -0.3 is 20.1 Å². The quantitative estimate of drug-likeness (QED) is 0.0271. The van der Waals surface area contributed by atoms with Crippen LogP contribution in [0.1, 0.15) is 187 Å². The van der Waals surface area contributed by atoms with E-state index in [1.165, 1.54) is 96.3 Å². The zero-order chi connectivity index (χ0) is 40.2. The maximum Gasteiger partial charge on any atom is 0.472 e. The molecule has 8 nitrogen and oxygen atoms in total. The third kappa shape index (κ3) is 43.2. The molecule has 0 spiro atoms. The molecule has 0 saturated heterocycles. The summed E-state index contributed by atoms with van der Waals surface area (Å²) in [6, 6.07) is 0. The number of hydrogen-bond donors (Lipinski definition) is 2. The molecule has 320 valence electrons. The Hall–Kier alpha value is -1.80. The number of unbranched alkanes of at least 4 members (excludes halogenated alkanes) is 19. The molecule has 55 heavy (non-hydrogen) atoms. The Morgan fingerprint density at radius 3 is 1.53 bits per heavy atom. The molecule has 3 N–H and O–H groups in total. The van der Waals surface area contributed by atoms with Gasteiger partial charge in [0.15, 0.2) is 0 Å². The highest BCUT2D eigenvalue weighted by Gasteiger charge is 2.25. The molecule has 0 aliphatic rings. The van der Waals surface area contributed by atoms with Crippen LogP contribution in [0.3, 0.4) is 0 Å². The van der Waals surface area contributed by atoms with Gasteiger partial charge in [-0.1, -0.05) is 164 Å². The van der Waals surface area contributed by atoms with Gasteiger partial charge in [-0.05, 0) is 77.0 Å². The second-order valence-corrected chi connectivity index (χ2v) is 16.0. The van der Waals surface area contributed by atoms with Gasteiger partial charge in [0.05, 0.1) is 19.8 Å². The number of carbonyl (C=O) groups is 1. The van der Waals surface area contributed by atoms with Crippen LogP contribution >= 0.6 is 7.82 Å². The Bertz CT molecular complexity index is 1030. The maximum atomic E-state index is 12.6. The molecule has 0 radical (unpaired) electrons. The van der Waals surface area contributed by atoms with E-state index in [-0.39, 0.29) is 32.3 Å². The van der Waals surface area contributed by atoms with Crippen molar-refractivity contribution in [2.45, 2.75) is 193 Å². The number of nitrogens with two attached hydrogens (primary N) is 1. The molecular weight excluding hydrogens is 709 g/mol. The molecule has 0 aromatic heterocycles. The maximum absolute atomic E-state index is 12.6. The first-order valence-corrected chi connectivity index (χ1v) is 23.8. The number of rotatable bonds is 42. The Labute approximate surface area is 338 Å². The van der Waals surface area contributed by atoms with Gasteiger partial charge in [-0.2, -0.15) is 0 Å². The molecule has 0 heterocycles. The fourth-order valence-corrected chi connectivity index (χ4v) is 6.69. The number of hydrogen-bond acceptors (Lipinski definition) is 7. The molecule has 9 heteroatoms. The monoisotopic (exact) mass is 794 g/mol. The lowest BCUT2D eigenvalue weighted by atomic mass is 10.1. The summed E-state index contributed by atoms with van der Waals surface area (Å²) in [7, 11) is -4.28. The number of phosphoric acid groups is 1. The Morgan fingerprint density at radius 2 is 1.02 bits per heavy atom. The first-order valence-electron chi connectivity index (χ1n) is 22.3. The van der Waals surface area contributed by atoms with Crippen LogP contribution in [0.15, 0.2) is 60.8 Å². The highest BCUT2D eigenvalue weighted by Crippen LogP contribution is 2.43. The van der Waals surface area contributed by atoms with Gasteiger partial charge in [0.1, 0.15) is 6.10 Å². The molecule has 0 aliphatic carbocycles. The van der Waals surface area contributed by atoms with Crippen LogP contribution in [0.5, 0.6) is 0 Å². The van der Waals surface area contributed by atoms with Gasteiger partial charge in [0.25, 0.3) is 0 Å². The first kappa shape index (κ1) is 53.2. The SMILES string of the molecule is CC/C=C\C/C=C\C/C=C\CCCCCCCCCCOCC(COP(=O)(O)OCCN)OC(=O)CCCCCCCCC/C=C\C/C=C\CCCCCC. The molecule has 0 fully saturated rings. The first-order chi connectivity index (χ1) is 26.9. The minimum Gasteiger partial charge on any atom is -0.457 e. The van der Waals surface area contributed by atoms with E-state index < -0.39 is 13.9 Å². The van der Waals surface area contributed by atoms with Crippen LogP contribution in [0.25, 0.3) is 0 Å². The van der Waals surface area contributed by atoms with Crippen molar-refractivity contribution in [2.24, 2.45) is 5.73 Å². The fraction of sp³-hybridized carbons (Fsp3) is 0.761. The summed E-state index contributed by atoms with van der Waals surface area (Å²) >= 11 is 0. The zero-order valence-electron chi connectivity index (χ0n) is 35.4. The van der Waals surface area contributed by atoms with Gasteiger partial charge in [-0.15, -0.1) is 0 Å². The van der Waals surface area contributed by atoms with Crippen molar-refractivity contribution < 1.29 is 32.8 Å². The van der Waals surface area contributed by atoms with Crippen LogP contribution in [0.2, 0.25) is 0 Å². The van der Waals surface area contributed by atoms with Crippen molar-refractivity contribution in [1.82, 2.24) is 0 Å². The highest BCUT2D eigenvalue weighted by atomic mass is 31.2. The number of ether oxygens (including phenoxy) is 2. The molecule has 2 unspecified atom stereocenters. The molecule has 0 aromatic rings. The third-order valence-electron chi connectivity index (χ3n) is 9.17. The van der Waals surface area contributed by atoms with E-state index in [1.54, 1.807) is 0 Å². The predicted octanol–water partition coefficient (Wildman–Crippen LogP) is 13.4. The van der Waals surface area contributed by atoms with Gasteiger partial charge in [0, 0.05) is 19.6 Å². The number of allylic oxidation sites excluding steroid dienone is 10. The van der Waals surface area contributed by atoms with Crippen molar-refractivity contribution >= 4 is 13.8 Å². The molecule has 0 amide bonds. The average Bonchev–Trinajstić information content (AvgIpc) is 3.17. The van der Waals surface area contributed by atoms with Crippen molar-refractivity contribution in [3.63, 3.8) is 0 Å². The Balaban J connectivity index is 4.05. The molecule has 0 aromatic carbocycles. The van der Waals surface area contributed by atoms with E-state index in [0.29, 0.717) is 13.0 Å². The van der Waals surface area contributed by atoms with Crippen LogP contribution in [-0.4, -0.2) is 49.9 Å². The van der Waals surface area contributed by atoms with Gasteiger partial charge in [-0.3, -0.25) is 13.8 Å². The summed E-state index contributed by atoms with van der Waals surface area (Å²) in [5.74, 6) is -0.342. The summed E-state index contributed by atoms with van der Waals surface area (Å²) in [4.78, 5) is 22.5. The number of phosphoric ester groups is 1.